The minimum atomic E-state index is 0.935. The van der Waals surface area contributed by atoms with Gasteiger partial charge in [0.05, 0.1) is 0 Å². The molecule has 0 aliphatic carbocycles. The van der Waals surface area contributed by atoms with E-state index in [4.69, 9.17) is 0 Å². The van der Waals surface area contributed by atoms with E-state index in [2.05, 4.69) is 64.6 Å². The van der Waals surface area contributed by atoms with Crippen LogP contribution in [0, 0.1) is 6.92 Å². The number of hydrogen-bond acceptors (Lipinski definition) is 1. The zero-order chi connectivity index (χ0) is 13.5. The lowest BCUT2D eigenvalue weighted by molar-refractivity contribution is 1.26. The summed E-state index contributed by atoms with van der Waals surface area (Å²) in [5.41, 5.74) is 2.24. The first-order valence-corrected chi connectivity index (χ1v) is 6.75. The Labute approximate surface area is 117 Å². The van der Waals surface area contributed by atoms with Crippen LogP contribution in [-0.2, 0) is 0 Å². The maximum Gasteiger partial charge on any atom is 0.138 e. The highest BCUT2D eigenvalue weighted by Crippen LogP contribution is 2.33. The van der Waals surface area contributed by atoms with Gasteiger partial charge in [-0.25, -0.2) is 4.98 Å². The lowest BCUT2D eigenvalue weighted by Gasteiger charge is -2.08. The predicted octanol–water partition coefficient (Wildman–Crippen LogP) is 4.69. The van der Waals surface area contributed by atoms with Gasteiger partial charge in [-0.1, -0.05) is 48.5 Å². The molecule has 0 unspecified atom stereocenters. The zero-order valence-electron chi connectivity index (χ0n) is 11.2. The number of imidazole rings is 1. The molecule has 0 bridgehead atoms. The number of aromatic amines is 1. The third-order valence-electron chi connectivity index (χ3n) is 3.73. The van der Waals surface area contributed by atoms with Gasteiger partial charge in [0, 0.05) is 17.5 Å². The third-order valence-corrected chi connectivity index (χ3v) is 3.73. The fourth-order valence-corrected chi connectivity index (χ4v) is 2.80. The zero-order valence-corrected chi connectivity index (χ0v) is 11.2. The lowest BCUT2D eigenvalue weighted by Crippen LogP contribution is -1.86. The van der Waals surface area contributed by atoms with Crippen LogP contribution in [0.1, 0.15) is 5.69 Å². The van der Waals surface area contributed by atoms with E-state index in [1.165, 1.54) is 21.5 Å². The second-order valence-electron chi connectivity index (χ2n) is 5.11. The van der Waals surface area contributed by atoms with Crippen molar-refractivity contribution < 1.29 is 0 Å². The first-order valence-electron chi connectivity index (χ1n) is 6.75. The van der Waals surface area contributed by atoms with Crippen molar-refractivity contribution in [2.24, 2.45) is 0 Å². The van der Waals surface area contributed by atoms with Crippen LogP contribution in [-0.4, -0.2) is 9.97 Å². The molecule has 1 aromatic heterocycles. The number of rotatable bonds is 1. The summed E-state index contributed by atoms with van der Waals surface area (Å²) in [5.74, 6) is 0.935. The van der Waals surface area contributed by atoms with Crippen molar-refractivity contribution >= 4 is 21.5 Å². The largest absolute Gasteiger partial charge is 0.342 e. The van der Waals surface area contributed by atoms with Crippen LogP contribution >= 0.6 is 0 Å². The molecule has 0 saturated carbocycles. The lowest BCUT2D eigenvalue weighted by atomic mass is 9.97. The number of nitrogens with one attached hydrogen (secondary N) is 1. The van der Waals surface area contributed by atoms with Crippen LogP contribution in [0.2, 0.25) is 0 Å². The van der Waals surface area contributed by atoms with E-state index in [9.17, 15) is 0 Å². The van der Waals surface area contributed by atoms with Gasteiger partial charge >= 0.3 is 0 Å². The minimum absolute atomic E-state index is 0.935. The van der Waals surface area contributed by atoms with Gasteiger partial charge in [0.25, 0.3) is 0 Å². The van der Waals surface area contributed by atoms with Gasteiger partial charge in [0.15, 0.2) is 0 Å². The molecule has 2 heteroatoms. The molecular formula is C18H14N2. The van der Waals surface area contributed by atoms with Crippen molar-refractivity contribution in [1.29, 1.82) is 0 Å². The molecule has 4 rings (SSSR count). The number of aromatic nitrogens is 2. The summed E-state index contributed by atoms with van der Waals surface area (Å²) in [6.45, 7) is 2.03. The predicted molar refractivity (Wildman–Crippen MR) is 83.8 cm³/mol. The molecule has 0 fully saturated rings. The molecule has 0 saturated heterocycles. The molecule has 20 heavy (non-hydrogen) atoms. The minimum Gasteiger partial charge on any atom is -0.342 e. The van der Waals surface area contributed by atoms with E-state index in [0.717, 1.165) is 17.1 Å². The van der Waals surface area contributed by atoms with Gasteiger partial charge in [0.2, 0.25) is 0 Å². The van der Waals surface area contributed by atoms with Crippen molar-refractivity contribution in [3.8, 4) is 11.4 Å². The summed E-state index contributed by atoms with van der Waals surface area (Å²) in [6.07, 6.45) is 1.87. The Kier molecular flexibility index (Phi) is 2.36. The van der Waals surface area contributed by atoms with Crippen molar-refractivity contribution in [2.75, 3.05) is 0 Å². The SMILES string of the molecule is Cc1cnc(-c2cc3ccccc3c3ccccc23)[nH]1. The summed E-state index contributed by atoms with van der Waals surface area (Å²) < 4.78 is 0. The fourth-order valence-electron chi connectivity index (χ4n) is 2.80. The van der Waals surface area contributed by atoms with Crippen molar-refractivity contribution in [3.05, 3.63) is 66.5 Å². The first-order chi connectivity index (χ1) is 9.83. The number of hydrogen-bond donors (Lipinski definition) is 1. The number of fused-ring (bicyclic) bond motifs is 3. The smallest absolute Gasteiger partial charge is 0.138 e. The van der Waals surface area contributed by atoms with E-state index in [-0.39, 0.29) is 0 Å². The number of nitrogens with zero attached hydrogens (tertiary/aromatic N) is 1. The van der Waals surface area contributed by atoms with E-state index < -0.39 is 0 Å². The molecule has 3 aromatic carbocycles. The molecule has 0 aliphatic rings. The highest BCUT2D eigenvalue weighted by atomic mass is 14.9. The van der Waals surface area contributed by atoms with Gasteiger partial charge in [-0.15, -0.1) is 0 Å². The molecule has 4 aromatic rings. The van der Waals surface area contributed by atoms with Crippen LogP contribution < -0.4 is 0 Å². The Morgan fingerprint density at radius 2 is 1.55 bits per heavy atom. The molecule has 2 nitrogen and oxygen atoms in total. The maximum atomic E-state index is 4.49. The summed E-state index contributed by atoms with van der Waals surface area (Å²) in [6, 6.07) is 19.2. The van der Waals surface area contributed by atoms with E-state index in [1.54, 1.807) is 0 Å². The number of H-pyrrole nitrogens is 1. The van der Waals surface area contributed by atoms with Crippen LogP contribution in [0.25, 0.3) is 32.9 Å². The molecule has 1 N–H and O–H groups in total. The summed E-state index contributed by atoms with van der Waals surface area (Å²) in [5, 5.41) is 5.04. The molecule has 0 amide bonds. The van der Waals surface area contributed by atoms with E-state index in [1.807, 2.05) is 13.1 Å². The monoisotopic (exact) mass is 258 g/mol. The number of benzene rings is 3. The number of aryl methyl sites for hydroxylation is 1. The van der Waals surface area contributed by atoms with Crippen molar-refractivity contribution in [1.82, 2.24) is 9.97 Å². The molecule has 0 aliphatic heterocycles. The Bertz CT molecular complexity index is 919. The summed E-state index contributed by atoms with van der Waals surface area (Å²) >= 11 is 0. The topological polar surface area (TPSA) is 28.7 Å². The summed E-state index contributed by atoms with van der Waals surface area (Å²) in [4.78, 5) is 7.83. The van der Waals surface area contributed by atoms with Gasteiger partial charge < -0.3 is 4.98 Å². The molecular weight excluding hydrogens is 244 g/mol. The second kappa shape index (κ2) is 4.20. The van der Waals surface area contributed by atoms with E-state index in [0.29, 0.717) is 0 Å². The van der Waals surface area contributed by atoms with Gasteiger partial charge in [-0.05, 0) is 34.5 Å². The normalized spacial score (nSPS) is 11.2. The second-order valence-corrected chi connectivity index (χ2v) is 5.11. The molecule has 1 heterocycles. The highest BCUT2D eigenvalue weighted by Gasteiger charge is 2.09. The third kappa shape index (κ3) is 1.62. The average Bonchev–Trinajstić information content (AvgIpc) is 2.93. The van der Waals surface area contributed by atoms with E-state index >= 15 is 0 Å². The highest BCUT2D eigenvalue weighted by molar-refractivity contribution is 6.13. The molecule has 0 atom stereocenters. The Balaban J connectivity index is 2.18. The van der Waals surface area contributed by atoms with Crippen molar-refractivity contribution in [3.63, 3.8) is 0 Å². The fraction of sp³-hybridized carbons (Fsp3) is 0.0556. The first kappa shape index (κ1) is 11.2. The van der Waals surface area contributed by atoms with Crippen molar-refractivity contribution in [2.45, 2.75) is 6.92 Å². The molecule has 96 valence electrons. The van der Waals surface area contributed by atoms with Crippen LogP contribution in [0.5, 0.6) is 0 Å². The van der Waals surface area contributed by atoms with Gasteiger partial charge in [0.1, 0.15) is 5.82 Å². The van der Waals surface area contributed by atoms with Gasteiger partial charge in [-0.2, -0.15) is 0 Å². The quantitative estimate of drug-likeness (QED) is 0.493. The maximum absolute atomic E-state index is 4.49. The average molecular weight is 258 g/mol. The van der Waals surface area contributed by atoms with Crippen LogP contribution in [0.4, 0.5) is 0 Å². The molecule has 0 spiro atoms. The standard InChI is InChI=1S/C18H14N2/c1-12-11-19-18(20-12)17-10-13-6-2-3-7-14(13)15-8-4-5-9-16(15)17/h2-11H,1H3,(H,19,20). The Morgan fingerprint density at radius 1 is 0.850 bits per heavy atom. The van der Waals surface area contributed by atoms with Crippen LogP contribution in [0.3, 0.4) is 0 Å². The van der Waals surface area contributed by atoms with Crippen LogP contribution in [0.15, 0.2) is 60.8 Å². The van der Waals surface area contributed by atoms with Gasteiger partial charge in [-0.3, -0.25) is 0 Å². The Hall–Kier alpha value is -2.61. The Morgan fingerprint density at radius 3 is 2.30 bits per heavy atom. The molecule has 0 radical (unpaired) electrons. The summed E-state index contributed by atoms with van der Waals surface area (Å²) in [7, 11) is 0.